The fourth-order valence-electron chi connectivity index (χ4n) is 2.87. The summed E-state index contributed by atoms with van der Waals surface area (Å²) < 4.78 is 2.25. The highest BCUT2D eigenvalue weighted by Gasteiger charge is 2.12. The van der Waals surface area contributed by atoms with Crippen LogP contribution in [-0.2, 0) is 6.54 Å². The second-order valence-electron chi connectivity index (χ2n) is 6.09. The van der Waals surface area contributed by atoms with E-state index >= 15 is 0 Å². The number of benzene rings is 1. The summed E-state index contributed by atoms with van der Waals surface area (Å²) in [5, 5.41) is 2.66. The van der Waals surface area contributed by atoms with E-state index in [1.54, 1.807) is 29.4 Å². The molecule has 0 radical (unpaired) electrons. The van der Waals surface area contributed by atoms with E-state index in [0.717, 1.165) is 26.7 Å². The van der Waals surface area contributed by atoms with Crippen LogP contribution in [0.1, 0.15) is 5.69 Å². The standard InChI is InChI=1S/C20H13N5OS2/c26-20-17-15(9-16(28-17)13-5-2-1-3-6-13)23-12-25(20)10-14-11-27-19(24-14)18-21-7-4-8-22-18/h1-9,11-12H,10H2. The van der Waals surface area contributed by atoms with Crippen molar-refractivity contribution in [3.63, 3.8) is 0 Å². The van der Waals surface area contributed by atoms with Crippen molar-refractivity contribution in [2.24, 2.45) is 0 Å². The van der Waals surface area contributed by atoms with E-state index in [1.807, 2.05) is 41.8 Å². The second-order valence-corrected chi connectivity index (χ2v) is 8.00. The molecule has 0 N–H and O–H groups in total. The fraction of sp³-hybridized carbons (Fsp3) is 0.0500. The molecular formula is C20H13N5OS2. The molecule has 0 aliphatic carbocycles. The number of thiophene rings is 1. The minimum atomic E-state index is -0.0531. The van der Waals surface area contributed by atoms with Crippen LogP contribution in [0.4, 0.5) is 0 Å². The van der Waals surface area contributed by atoms with Crippen molar-refractivity contribution in [1.29, 1.82) is 0 Å². The summed E-state index contributed by atoms with van der Waals surface area (Å²) in [5.74, 6) is 0.588. The highest BCUT2D eigenvalue weighted by Crippen LogP contribution is 2.30. The number of thiazole rings is 1. The molecule has 0 amide bonds. The van der Waals surface area contributed by atoms with Crippen LogP contribution in [0.2, 0.25) is 0 Å². The monoisotopic (exact) mass is 403 g/mol. The van der Waals surface area contributed by atoms with Crippen LogP contribution in [0.25, 0.3) is 31.5 Å². The highest BCUT2D eigenvalue weighted by molar-refractivity contribution is 7.22. The molecule has 5 rings (SSSR count). The summed E-state index contributed by atoms with van der Waals surface area (Å²) in [5.41, 5.74) is 2.54. The van der Waals surface area contributed by atoms with Gasteiger partial charge in [-0.3, -0.25) is 9.36 Å². The Balaban J connectivity index is 1.48. The van der Waals surface area contributed by atoms with Gasteiger partial charge in [0.05, 0.1) is 24.1 Å². The Kier molecular flexibility index (Phi) is 4.27. The molecule has 0 bridgehead atoms. The lowest BCUT2D eigenvalue weighted by molar-refractivity contribution is 0.735. The van der Waals surface area contributed by atoms with Crippen LogP contribution in [-0.4, -0.2) is 24.5 Å². The molecule has 5 aromatic rings. The molecule has 0 unspecified atom stereocenters. The van der Waals surface area contributed by atoms with E-state index in [0.29, 0.717) is 17.1 Å². The van der Waals surface area contributed by atoms with Gasteiger partial charge in [-0.25, -0.2) is 19.9 Å². The normalized spacial score (nSPS) is 11.1. The third kappa shape index (κ3) is 3.12. The molecule has 1 aromatic carbocycles. The summed E-state index contributed by atoms with van der Waals surface area (Å²) >= 11 is 2.93. The third-order valence-electron chi connectivity index (χ3n) is 4.20. The summed E-state index contributed by atoms with van der Waals surface area (Å²) in [4.78, 5) is 31.4. The molecule has 0 aliphatic rings. The summed E-state index contributed by atoms with van der Waals surface area (Å²) in [6, 6.07) is 13.8. The van der Waals surface area contributed by atoms with Gasteiger partial charge in [0.2, 0.25) is 0 Å². The van der Waals surface area contributed by atoms with Gasteiger partial charge < -0.3 is 0 Å². The largest absolute Gasteiger partial charge is 0.292 e. The van der Waals surface area contributed by atoms with E-state index in [-0.39, 0.29) is 5.56 Å². The predicted molar refractivity (Wildman–Crippen MR) is 112 cm³/mol. The first kappa shape index (κ1) is 16.9. The maximum atomic E-state index is 12.9. The first-order chi connectivity index (χ1) is 13.8. The van der Waals surface area contributed by atoms with E-state index in [9.17, 15) is 4.79 Å². The number of fused-ring (bicyclic) bond motifs is 1. The number of hydrogen-bond acceptors (Lipinski definition) is 7. The fourth-order valence-corrected chi connectivity index (χ4v) is 4.69. The van der Waals surface area contributed by atoms with Crippen LogP contribution in [0.15, 0.2) is 71.4 Å². The zero-order chi connectivity index (χ0) is 18.9. The van der Waals surface area contributed by atoms with Crippen molar-refractivity contribution >= 4 is 32.9 Å². The van der Waals surface area contributed by atoms with Crippen molar-refractivity contribution in [2.75, 3.05) is 0 Å². The summed E-state index contributed by atoms with van der Waals surface area (Å²) in [6.45, 7) is 0.365. The molecule has 0 aliphatic heterocycles. The van der Waals surface area contributed by atoms with Crippen LogP contribution >= 0.6 is 22.7 Å². The van der Waals surface area contributed by atoms with Gasteiger partial charge in [-0.05, 0) is 17.7 Å². The molecule has 0 saturated heterocycles. The molecule has 0 saturated carbocycles. The Morgan fingerprint density at radius 1 is 1.00 bits per heavy atom. The SMILES string of the molecule is O=c1c2sc(-c3ccccc3)cc2ncn1Cc1csc(-c2ncccn2)n1. The molecule has 136 valence electrons. The van der Waals surface area contributed by atoms with Crippen molar-refractivity contribution in [3.05, 3.63) is 82.6 Å². The highest BCUT2D eigenvalue weighted by atomic mass is 32.1. The van der Waals surface area contributed by atoms with Gasteiger partial charge in [0, 0.05) is 22.7 Å². The van der Waals surface area contributed by atoms with Crippen molar-refractivity contribution in [2.45, 2.75) is 6.54 Å². The second kappa shape index (κ2) is 7.06. The molecule has 28 heavy (non-hydrogen) atoms. The Labute approximate surface area is 167 Å². The Bertz CT molecular complexity index is 1310. The molecule has 8 heteroatoms. The Morgan fingerprint density at radius 3 is 2.64 bits per heavy atom. The van der Waals surface area contributed by atoms with Gasteiger partial charge in [-0.15, -0.1) is 22.7 Å². The van der Waals surface area contributed by atoms with Crippen molar-refractivity contribution in [1.82, 2.24) is 24.5 Å². The number of aromatic nitrogens is 5. The topological polar surface area (TPSA) is 73.6 Å². The van der Waals surface area contributed by atoms with Gasteiger partial charge in [0.15, 0.2) is 10.8 Å². The van der Waals surface area contributed by atoms with Gasteiger partial charge in [-0.1, -0.05) is 30.3 Å². The predicted octanol–water partition coefficient (Wildman–Crippen LogP) is 4.09. The summed E-state index contributed by atoms with van der Waals surface area (Å²) in [7, 11) is 0. The first-order valence-corrected chi connectivity index (χ1v) is 10.2. The Morgan fingerprint density at radius 2 is 1.82 bits per heavy atom. The molecular weight excluding hydrogens is 390 g/mol. The maximum Gasteiger partial charge on any atom is 0.271 e. The van der Waals surface area contributed by atoms with Gasteiger partial charge in [0.25, 0.3) is 5.56 Å². The number of hydrogen-bond donors (Lipinski definition) is 0. The van der Waals surface area contributed by atoms with E-state index in [4.69, 9.17) is 0 Å². The lowest BCUT2D eigenvalue weighted by Crippen LogP contribution is -2.20. The van der Waals surface area contributed by atoms with Gasteiger partial charge >= 0.3 is 0 Å². The van der Waals surface area contributed by atoms with Crippen LogP contribution < -0.4 is 5.56 Å². The average molecular weight is 403 g/mol. The van der Waals surface area contributed by atoms with Gasteiger partial charge in [0.1, 0.15) is 4.70 Å². The van der Waals surface area contributed by atoms with E-state index in [1.165, 1.54) is 22.7 Å². The minimum Gasteiger partial charge on any atom is -0.292 e. The molecule has 4 aromatic heterocycles. The molecule has 0 atom stereocenters. The molecule has 4 heterocycles. The van der Waals surface area contributed by atoms with Crippen LogP contribution in [0, 0.1) is 0 Å². The third-order valence-corrected chi connectivity index (χ3v) is 6.25. The van der Waals surface area contributed by atoms with E-state index in [2.05, 4.69) is 19.9 Å². The average Bonchev–Trinajstić information content (AvgIpc) is 3.39. The smallest absolute Gasteiger partial charge is 0.271 e. The first-order valence-electron chi connectivity index (χ1n) is 8.54. The maximum absolute atomic E-state index is 12.9. The van der Waals surface area contributed by atoms with Crippen molar-refractivity contribution < 1.29 is 0 Å². The molecule has 0 spiro atoms. The quantitative estimate of drug-likeness (QED) is 0.452. The van der Waals surface area contributed by atoms with Crippen LogP contribution in [0.5, 0.6) is 0 Å². The van der Waals surface area contributed by atoms with E-state index < -0.39 is 0 Å². The lowest BCUT2D eigenvalue weighted by Gasteiger charge is -2.02. The molecule has 0 fully saturated rings. The Hall–Kier alpha value is -3.23. The molecule has 6 nitrogen and oxygen atoms in total. The zero-order valence-electron chi connectivity index (χ0n) is 14.5. The number of rotatable bonds is 4. The van der Waals surface area contributed by atoms with Crippen molar-refractivity contribution in [3.8, 4) is 21.3 Å². The minimum absolute atomic E-state index is 0.0531. The lowest BCUT2D eigenvalue weighted by atomic mass is 10.2. The van der Waals surface area contributed by atoms with Crippen LogP contribution in [0.3, 0.4) is 0 Å². The van der Waals surface area contributed by atoms with Gasteiger partial charge in [-0.2, -0.15) is 0 Å². The zero-order valence-corrected chi connectivity index (χ0v) is 16.2. The summed E-state index contributed by atoms with van der Waals surface area (Å²) in [6.07, 6.45) is 4.96. The number of nitrogens with zero attached hydrogens (tertiary/aromatic N) is 5.